The average molecular weight is 384 g/mol. The number of methoxy groups -OCH3 is 1. The summed E-state index contributed by atoms with van der Waals surface area (Å²) in [5, 5.41) is 4.45. The molecule has 2 heterocycles. The summed E-state index contributed by atoms with van der Waals surface area (Å²) < 4.78 is 12.7. The fourth-order valence-corrected chi connectivity index (χ4v) is 3.30. The molecule has 0 fully saturated rings. The number of aryl methyl sites for hydroxylation is 1. The highest BCUT2D eigenvalue weighted by molar-refractivity contribution is 6.31. The molecule has 138 valence electrons. The van der Waals surface area contributed by atoms with E-state index >= 15 is 0 Å². The molecule has 0 aliphatic carbocycles. The summed E-state index contributed by atoms with van der Waals surface area (Å²) in [5.74, 6) is 0.392. The second kappa shape index (κ2) is 7.06. The number of hydrogen-bond donors (Lipinski definition) is 1. The fourth-order valence-electron chi connectivity index (χ4n) is 3.13. The van der Waals surface area contributed by atoms with Gasteiger partial charge in [-0.1, -0.05) is 23.7 Å². The van der Waals surface area contributed by atoms with E-state index in [2.05, 4.69) is 10.3 Å². The minimum absolute atomic E-state index is 0.392. The van der Waals surface area contributed by atoms with Crippen LogP contribution in [0.1, 0.15) is 5.56 Å². The number of halogens is 1. The number of benzene rings is 2. The molecule has 0 aliphatic rings. The van der Waals surface area contributed by atoms with Gasteiger partial charge >= 0.3 is 5.69 Å². The molecule has 0 amide bonds. The molecular formula is C20H18ClN3O3. The van der Waals surface area contributed by atoms with Gasteiger partial charge in [-0.05, 0) is 42.8 Å². The van der Waals surface area contributed by atoms with Crippen molar-refractivity contribution in [1.82, 2.24) is 9.55 Å². The van der Waals surface area contributed by atoms with Crippen molar-refractivity contribution in [2.45, 2.75) is 6.92 Å². The molecule has 0 bridgehead atoms. The lowest BCUT2D eigenvalue weighted by Gasteiger charge is -2.11. The van der Waals surface area contributed by atoms with Gasteiger partial charge < -0.3 is 14.5 Å². The summed E-state index contributed by atoms with van der Waals surface area (Å²) in [4.78, 5) is 17.1. The van der Waals surface area contributed by atoms with Crippen LogP contribution in [-0.4, -0.2) is 29.8 Å². The number of ether oxygens (including phenoxy) is 1. The molecule has 0 unspecified atom stereocenters. The number of aromatic nitrogens is 2. The minimum Gasteiger partial charge on any atom is -0.450 e. The maximum atomic E-state index is 12.9. The molecule has 2 aromatic heterocycles. The Morgan fingerprint density at radius 2 is 2.11 bits per heavy atom. The first-order valence-electron chi connectivity index (χ1n) is 8.53. The number of hydrogen-bond acceptors (Lipinski definition) is 5. The molecule has 7 heteroatoms. The van der Waals surface area contributed by atoms with E-state index in [1.165, 1.54) is 0 Å². The van der Waals surface area contributed by atoms with Crippen LogP contribution in [0, 0.1) is 6.92 Å². The van der Waals surface area contributed by atoms with E-state index < -0.39 is 5.69 Å². The quantitative estimate of drug-likeness (QED) is 0.524. The topological polar surface area (TPSA) is 69.3 Å². The zero-order chi connectivity index (χ0) is 19.0. The Morgan fingerprint density at radius 3 is 2.89 bits per heavy atom. The highest BCUT2D eigenvalue weighted by Gasteiger charge is 2.19. The van der Waals surface area contributed by atoms with Crippen molar-refractivity contribution in [1.29, 1.82) is 0 Å². The molecule has 0 radical (unpaired) electrons. The average Bonchev–Trinajstić information content (AvgIpc) is 3.01. The Bertz CT molecular complexity index is 1200. The molecular weight excluding hydrogens is 366 g/mol. The van der Waals surface area contributed by atoms with Crippen molar-refractivity contribution in [2.24, 2.45) is 0 Å². The van der Waals surface area contributed by atoms with Crippen LogP contribution in [0.15, 0.2) is 51.7 Å². The highest BCUT2D eigenvalue weighted by Crippen LogP contribution is 2.34. The Morgan fingerprint density at radius 1 is 1.26 bits per heavy atom. The molecule has 27 heavy (non-hydrogen) atoms. The number of rotatable bonds is 5. The minimum atomic E-state index is -0.393. The lowest BCUT2D eigenvalue weighted by atomic mass is 10.2. The first-order chi connectivity index (χ1) is 13.1. The third-order valence-corrected chi connectivity index (χ3v) is 4.55. The zero-order valence-corrected chi connectivity index (χ0v) is 15.7. The number of anilines is 1. The van der Waals surface area contributed by atoms with Crippen LogP contribution in [0.25, 0.3) is 27.8 Å². The van der Waals surface area contributed by atoms with Crippen LogP contribution < -0.4 is 11.0 Å². The molecule has 0 atom stereocenters. The predicted molar refractivity (Wildman–Crippen MR) is 107 cm³/mol. The number of fused-ring (bicyclic) bond motifs is 3. The molecule has 6 nitrogen and oxygen atoms in total. The van der Waals surface area contributed by atoms with Gasteiger partial charge in [0, 0.05) is 24.1 Å². The van der Waals surface area contributed by atoms with E-state index in [1.807, 2.05) is 31.2 Å². The van der Waals surface area contributed by atoms with Gasteiger partial charge in [0.2, 0.25) is 0 Å². The van der Waals surface area contributed by atoms with Gasteiger partial charge in [-0.15, -0.1) is 0 Å². The van der Waals surface area contributed by atoms with Gasteiger partial charge in [-0.3, -0.25) is 4.57 Å². The molecule has 0 saturated carbocycles. The predicted octanol–water partition coefficient (Wildman–Crippen LogP) is 4.15. The lowest BCUT2D eigenvalue weighted by molar-refractivity contribution is 0.210. The van der Waals surface area contributed by atoms with Crippen LogP contribution in [-0.2, 0) is 4.74 Å². The van der Waals surface area contributed by atoms with Gasteiger partial charge in [0.05, 0.1) is 12.3 Å². The largest absolute Gasteiger partial charge is 0.450 e. The van der Waals surface area contributed by atoms with E-state index in [0.717, 1.165) is 16.6 Å². The molecule has 4 aromatic rings. The van der Waals surface area contributed by atoms with E-state index in [0.29, 0.717) is 40.7 Å². The van der Waals surface area contributed by atoms with Crippen LogP contribution in [0.4, 0.5) is 5.82 Å². The maximum Gasteiger partial charge on any atom is 0.354 e. The first-order valence-corrected chi connectivity index (χ1v) is 8.91. The van der Waals surface area contributed by atoms with E-state index in [1.54, 1.807) is 29.9 Å². The lowest BCUT2D eigenvalue weighted by Crippen LogP contribution is -2.24. The summed E-state index contributed by atoms with van der Waals surface area (Å²) in [6, 6.07) is 13.0. The Balaban J connectivity index is 2.07. The van der Waals surface area contributed by atoms with E-state index in [4.69, 9.17) is 20.8 Å². The summed E-state index contributed by atoms with van der Waals surface area (Å²) in [5.41, 5.74) is 3.15. The maximum absolute atomic E-state index is 12.9. The van der Waals surface area contributed by atoms with Gasteiger partial charge in [-0.25, -0.2) is 4.79 Å². The van der Waals surface area contributed by atoms with Crippen molar-refractivity contribution < 1.29 is 9.15 Å². The second-order valence-electron chi connectivity index (χ2n) is 6.26. The van der Waals surface area contributed by atoms with Crippen LogP contribution in [0.3, 0.4) is 0 Å². The van der Waals surface area contributed by atoms with Crippen LogP contribution in [0.2, 0.25) is 5.02 Å². The Kier molecular flexibility index (Phi) is 4.59. The molecule has 2 aromatic carbocycles. The van der Waals surface area contributed by atoms with Crippen LogP contribution in [0.5, 0.6) is 0 Å². The number of nitrogens with one attached hydrogen (secondary N) is 1. The molecule has 0 aliphatic heterocycles. The van der Waals surface area contributed by atoms with Gasteiger partial charge in [0.25, 0.3) is 0 Å². The van der Waals surface area contributed by atoms with E-state index in [9.17, 15) is 4.79 Å². The summed E-state index contributed by atoms with van der Waals surface area (Å²) >= 11 is 6.20. The number of nitrogens with zero attached hydrogens (tertiary/aromatic N) is 2. The molecule has 0 saturated heterocycles. The van der Waals surface area contributed by atoms with Crippen molar-refractivity contribution in [3.8, 4) is 5.69 Å². The highest BCUT2D eigenvalue weighted by atomic mass is 35.5. The van der Waals surface area contributed by atoms with Gasteiger partial charge in [0.15, 0.2) is 11.4 Å². The Hall–Kier alpha value is -2.83. The SMILES string of the molecule is COCCNc1nc(=O)n(-c2cccc(C)c2)c2c1oc1ccc(Cl)cc12. The van der Waals surface area contributed by atoms with Crippen molar-refractivity contribution >= 4 is 39.5 Å². The standard InChI is InChI=1S/C20H18ClN3O3/c1-12-4-3-5-14(10-12)24-17-15-11-13(21)6-7-16(15)27-18(17)19(23-20(24)25)22-8-9-26-2/h3-7,10-11H,8-9H2,1-2H3,(H,22,23,25). The van der Waals surface area contributed by atoms with Crippen molar-refractivity contribution in [3.63, 3.8) is 0 Å². The fraction of sp³-hybridized carbons (Fsp3) is 0.200. The molecule has 4 rings (SSSR count). The number of furan rings is 1. The van der Waals surface area contributed by atoms with E-state index in [-0.39, 0.29) is 0 Å². The second-order valence-corrected chi connectivity index (χ2v) is 6.69. The third-order valence-electron chi connectivity index (χ3n) is 4.32. The van der Waals surface area contributed by atoms with Crippen molar-refractivity contribution in [3.05, 3.63) is 63.5 Å². The monoisotopic (exact) mass is 383 g/mol. The summed E-state index contributed by atoms with van der Waals surface area (Å²) in [7, 11) is 1.61. The summed E-state index contributed by atoms with van der Waals surface area (Å²) in [6.45, 7) is 2.96. The van der Waals surface area contributed by atoms with Crippen LogP contribution >= 0.6 is 11.6 Å². The molecule has 0 spiro atoms. The van der Waals surface area contributed by atoms with Gasteiger partial charge in [-0.2, -0.15) is 4.98 Å². The Labute approximate surface area is 160 Å². The first kappa shape index (κ1) is 17.6. The molecule has 1 N–H and O–H groups in total. The van der Waals surface area contributed by atoms with Gasteiger partial charge in [0.1, 0.15) is 11.1 Å². The normalized spacial score (nSPS) is 11.4. The van der Waals surface area contributed by atoms with Crippen molar-refractivity contribution in [2.75, 3.05) is 25.6 Å². The zero-order valence-electron chi connectivity index (χ0n) is 15.0. The summed E-state index contributed by atoms with van der Waals surface area (Å²) in [6.07, 6.45) is 0. The third kappa shape index (κ3) is 3.18. The smallest absolute Gasteiger partial charge is 0.354 e.